The molecule has 8 heteroatoms. The molecule has 2 unspecified atom stereocenters. The molecule has 0 aliphatic heterocycles. The van der Waals surface area contributed by atoms with Gasteiger partial charge in [0, 0.05) is 37.1 Å². The second-order valence-electron chi connectivity index (χ2n) is 9.60. The molecule has 0 spiro atoms. The van der Waals surface area contributed by atoms with E-state index in [1.165, 1.54) is 0 Å². The second kappa shape index (κ2) is 12.8. The molecule has 0 radical (unpaired) electrons. The molecule has 0 aromatic heterocycles. The van der Waals surface area contributed by atoms with Gasteiger partial charge in [-0.05, 0) is 13.8 Å². The van der Waals surface area contributed by atoms with Crippen molar-refractivity contribution in [1.29, 1.82) is 0 Å². The van der Waals surface area contributed by atoms with Crippen molar-refractivity contribution < 1.29 is 28.8 Å². The molecule has 0 aliphatic carbocycles. The number of quaternary nitrogens is 2. The highest BCUT2D eigenvalue weighted by Gasteiger charge is 2.30. The summed E-state index contributed by atoms with van der Waals surface area (Å²) in [6, 6.07) is 0. The van der Waals surface area contributed by atoms with E-state index in [0.29, 0.717) is 46.3 Å². The van der Waals surface area contributed by atoms with E-state index >= 15 is 0 Å². The van der Waals surface area contributed by atoms with Crippen LogP contribution in [0.4, 0.5) is 0 Å². The second-order valence-corrected chi connectivity index (χ2v) is 9.60. The van der Waals surface area contributed by atoms with Crippen molar-refractivity contribution in [1.82, 2.24) is 10.6 Å². The molecule has 2 atom stereocenters. The van der Waals surface area contributed by atoms with Gasteiger partial charge in [-0.25, -0.2) is 0 Å². The minimum absolute atomic E-state index is 0.144. The fourth-order valence-electron chi connectivity index (χ4n) is 3.16. The first-order chi connectivity index (χ1) is 13.7. The van der Waals surface area contributed by atoms with E-state index in [-0.39, 0.29) is 11.8 Å². The molecule has 0 aromatic rings. The van der Waals surface area contributed by atoms with E-state index in [9.17, 15) is 19.8 Å². The maximum atomic E-state index is 11.5. The van der Waals surface area contributed by atoms with Crippen molar-refractivity contribution >= 4 is 11.8 Å². The third-order valence-corrected chi connectivity index (χ3v) is 5.03. The molecule has 2 amide bonds. The van der Waals surface area contributed by atoms with Gasteiger partial charge in [0.2, 0.25) is 11.8 Å². The zero-order valence-electron chi connectivity index (χ0n) is 19.8. The van der Waals surface area contributed by atoms with Gasteiger partial charge in [-0.1, -0.05) is 13.2 Å². The van der Waals surface area contributed by atoms with Crippen molar-refractivity contribution in [3.8, 4) is 0 Å². The van der Waals surface area contributed by atoms with E-state index < -0.39 is 12.2 Å². The highest BCUT2D eigenvalue weighted by atomic mass is 16.3. The summed E-state index contributed by atoms with van der Waals surface area (Å²) in [4.78, 5) is 23.0. The number of nitrogens with zero attached hydrogens (tertiary/aromatic N) is 2. The number of likely N-dealkylation sites (N-methyl/N-ethyl adjacent to an activating group) is 2. The lowest BCUT2D eigenvalue weighted by Gasteiger charge is -2.36. The maximum Gasteiger partial charge on any atom is 0.246 e. The quantitative estimate of drug-likeness (QED) is 0.168. The Hall–Kier alpha value is -1.74. The molecule has 0 aromatic carbocycles. The van der Waals surface area contributed by atoms with Crippen LogP contribution in [0.3, 0.4) is 0 Å². The summed E-state index contributed by atoms with van der Waals surface area (Å²) in [7, 11) is 8.00. The molecule has 4 N–H and O–H groups in total. The van der Waals surface area contributed by atoms with Gasteiger partial charge in [0.1, 0.15) is 25.3 Å². The Labute approximate surface area is 182 Å². The Morgan fingerprint density at radius 3 is 1.33 bits per heavy atom. The van der Waals surface area contributed by atoms with E-state index in [1.807, 2.05) is 28.2 Å². The predicted octanol–water partition coefficient (Wildman–Crippen LogP) is 0.0258. The van der Waals surface area contributed by atoms with Crippen molar-refractivity contribution in [2.45, 2.75) is 38.9 Å². The minimum Gasteiger partial charge on any atom is -0.384 e. The van der Waals surface area contributed by atoms with E-state index in [1.54, 1.807) is 13.8 Å². The molecule has 0 heterocycles. The van der Waals surface area contributed by atoms with Gasteiger partial charge >= 0.3 is 0 Å². The summed E-state index contributed by atoms with van der Waals surface area (Å²) in [5.41, 5.74) is 0.975. The molecular weight excluding hydrogens is 384 g/mol. The van der Waals surface area contributed by atoms with Crippen LogP contribution in [0, 0.1) is 0 Å². The number of rotatable bonds is 15. The Morgan fingerprint density at radius 2 is 1.07 bits per heavy atom. The normalized spacial score (nSPS) is 14.0. The highest BCUT2D eigenvalue weighted by molar-refractivity contribution is 5.92. The van der Waals surface area contributed by atoms with Crippen molar-refractivity contribution in [3.63, 3.8) is 0 Å². The average molecular weight is 429 g/mol. The molecular formula is C22H44N4O4+2. The zero-order chi connectivity index (χ0) is 23.5. The van der Waals surface area contributed by atoms with Gasteiger partial charge in [0.25, 0.3) is 0 Å². The van der Waals surface area contributed by atoms with Crippen LogP contribution in [0.25, 0.3) is 0 Å². The van der Waals surface area contributed by atoms with Gasteiger partial charge in [-0.15, -0.1) is 0 Å². The Bertz CT molecular complexity index is 550. The third kappa shape index (κ3) is 12.7. The van der Waals surface area contributed by atoms with Crippen LogP contribution in [0.5, 0.6) is 0 Å². The third-order valence-electron chi connectivity index (χ3n) is 5.03. The molecule has 8 nitrogen and oxygen atoms in total. The predicted molar refractivity (Wildman–Crippen MR) is 121 cm³/mol. The number of amides is 2. The fourth-order valence-corrected chi connectivity index (χ4v) is 3.16. The molecule has 0 bridgehead atoms. The van der Waals surface area contributed by atoms with Gasteiger partial charge < -0.3 is 29.8 Å². The number of hydrogen-bond acceptors (Lipinski definition) is 4. The first-order valence-corrected chi connectivity index (χ1v) is 10.5. The lowest BCUT2D eigenvalue weighted by Crippen LogP contribution is -2.55. The Kier molecular flexibility index (Phi) is 12.1. The largest absolute Gasteiger partial charge is 0.384 e. The van der Waals surface area contributed by atoms with Crippen LogP contribution in [0.2, 0.25) is 0 Å². The lowest BCUT2D eigenvalue weighted by molar-refractivity contribution is -0.902. The van der Waals surface area contributed by atoms with Crippen molar-refractivity contribution in [2.24, 2.45) is 0 Å². The average Bonchev–Trinajstić information content (AvgIpc) is 2.60. The number of hydrogen-bond donors (Lipinski definition) is 4. The zero-order valence-corrected chi connectivity index (χ0v) is 19.8. The summed E-state index contributed by atoms with van der Waals surface area (Å²) in [6.45, 7) is 14.0. The summed E-state index contributed by atoms with van der Waals surface area (Å²) in [5.74, 6) is -0.287. The monoisotopic (exact) mass is 428 g/mol. The number of carbonyl (C=O) groups is 2. The van der Waals surface area contributed by atoms with Crippen LogP contribution in [0.1, 0.15) is 26.7 Å². The van der Waals surface area contributed by atoms with Crippen molar-refractivity contribution in [3.05, 3.63) is 24.3 Å². The van der Waals surface area contributed by atoms with Crippen LogP contribution in [0.15, 0.2) is 24.3 Å². The highest BCUT2D eigenvalue weighted by Crippen LogP contribution is 2.09. The summed E-state index contributed by atoms with van der Waals surface area (Å²) in [6.07, 6.45) is -0.144. The molecule has 0 aliphatic rings. The molecule has 0 rings (SSSR count). The molecule has 174 valence electrons. The van der Waals surface area contributed by atoms with E-state index in [2.05, 4.69) is 23.8 Å². The summed E-state index contributed by atoms with van der Waals surface area (Å²) >= 11 is 0. The smallest absolute Gasteiger partial charge is 0.246 e. The molecule has 0 saturated carbocycles. The molecule has 0 saturated heterocycles. The van der Waals surface area contributed by atoms with Gasteiger partial charge in [-0.2, -0.15) is 0 Å². The summed E-state index contributed by atoms with van der Waals surface area (Å²) in [5, 5.41) is 26.6. The lowest BCUT2D eigenvalue weighted by atomic mass is 10.1. The first-order valence-electron chi connectivity index (χ1n) is 10.5. The van der Waals surface area contributed by atoms with Crippen LogP contribution >= 0.6 is 0 Å². The van der Waals surface area contributed by atoms with Crippen LogP contribution in [-0.4, -0.2) is 111 Å². The van der Waals surface area contributed by atoms with Crippen molar-refractivity contribution in [2.75, 3.05) is 67.5 Å². The number of aliphatic hydroxyl groups is 2. The van der Waals surface area contributed by atoms with Crippen LogP contribution in [-0.2, 0) is 9.59 Å². The molecule has 0 fully saturated rings. The Balaban J connectivity index is 4.33. The van der Waals surface area contributed by atoms with Gasteiger partial charge in [-0.3, -0.25) is 9.59 Å². The number of nitrogens with one attached hydrogen (secondary N) is 2. The number of carbonyl (C=O) groups excluding carboxylic acids is 2. The topological polar surface area (TPSA) is 98.7 Å². The molecule has 30 heavy (non-hydrogen) atoms. The first kappa shape index (κ1) is 28.3. The standard InChI is InChI=1S/C22H42N4O4/c1-17(2)21(29)23-11-9-13-25(5,6)15-19(27)20(28)16-26(7,8)14-10-12-24-22(30)18(3)4/h19-20,27-28H,1,3,9-16H2,2,4-8H3/p+2. The van der Waals surface area contributed by atoms with Crippen LogP contribution < -0.4 is 10.6 Å². The van der Waals surface area contributed by atoms with E-state index in [0.717, 1.165) is 25.9 Å². The van der Waals surface area contributed by atoms with E-state index in [4.69, 9.17) is 0 Å². The SMILES string of the molecule is C=C(C)C(=O)NCCC[N+](C)(C)CC(O)C(O)C[N+](C)(C)CCCNC(=O)C(=C)C. The minimum atomic E-state index is -0.842. The van der Waals surface area contributed by atoms with Gasteiger partial charge in [0.05, 0.1) is 41.3 Å². The maximum absolute atomic E-state index is 11.5. The Morgan fingerprint density at radius 1 is 0.767 bits per heavy atom. The summed E-state index contributed by atoms with van der Waals surface area (Å²) < 4.78 is 1.09. The number of aliphatic hydroxyl groups excluding tert-OH is 2. The van der Waals surface area contributed by atoms with Gasteiger partial charge in [0.15, 0.2) is 0 Å². The fraction of sp³-hybridized carbons (Fsp3) is 0.727.